The van der Waals surface area contributed by atoms with Crippen LogP contribution in [0.3, 0.4) is 0 Å². The smallest absolute Gasteiger partial charge is 0.321 e. The van der Waals surface area contributed by atoms with E-state index in [-0.39, 0.29) is 25.4 Å². The number of aryl methyl sites for hydroxylation is 1. The SMILES string of the molecule is CCOC(=O)CCNC(=O)Nc1nc(C)c(-c2csc(CC#N)n2)s1. The first kappa shape index (κ1) is 18.8. The van der Waals surface area contributed by atoms with E-state index in [1.54, 1.807) is 6.92 Å². The highest BCUT2D eigenvalue weighted by Crippen LogP contribution is 2.33. The zero-order valence-corrected chi connectivity index (χ0v) is 15.4. The van der Waals surface area contributed by atoms with Crippen molar-refractivity contribution >= 4 is 39.8 Å². The topological polar surface area (TPSA) is 117 Å². The third-order valence-electron chi connectivity index (χ3n) is 2.95. The molecule has 0 atom stereocenters. The molecule has 0 spiro atoms. The van der Waals surface area contributed by atoms with Gasteiger partial charge in [-0.1, -0.05) is 11.3 Å². The average Bonchev–Trinajstić information content (AvgIpc) is 3.14. The van der Waals surface area contributed by atoms with Crippen LogP contribution >= 0.6 is 22.7 Å². The molecule has 0 radical (unpaired) electrons. The third kappa shape index (κ3) is 5.51. The average molecular weight is 379 g/mol. The maximum Gasteiger partial charge on any atom is 0.321 e. The maximum absolute atomic E-state index is 11.8. The van der Waals surface area contributed by atoms with Crippen molar-refractivity contribution in [3.63, 3.8) is 0 Å². The van der Waals surface area contributed by atoms with E-state index < -0.39 is 6.03 Å². The first-order chi connectivity index (χ1) is 12.0. The Morgan fingerprint density at radius 3 is 2.92 bits per heavy atom. The van der Waals surface area contributed by atoms with Gasteiger partial charge in [0.2, 0.25) is 0 Å². The number of nitrogens with one attached hydrogen (secondary N) is 2. The van der Waals surface area contributed by atoms with E-state index in [1.807, 2.05) is 12.3 Å². The van der Waals surface area contributed by atoms with Crippen LogP contribution in [0.4, 0.5) is 9.93 Å². The normalized spacial score (nSPS) is 10.1. The van der Waals surface area contributed by atoms with Gasteiger partial charge in [-0.3, -0.25) is 10.1 Å². The minimum Gasteiger partial charge on any atom is -0.466 e. The van der Waals surface area contributed by atoms with Crippen LogP contribution in [0.2, 0.25) is 0 Å². The molecule has 0 saturated heterocycles. The Labute approximate surface area is 152 Å². The lowest BCUT2D eigenvalue weighted by molar-refractivity contribution is -0.142. The number of esters is 1. The van der Waals surface area contributed by atoms with Gasteiger partial charge in [0.25, 0.3) is 0 Å². The molecule has 0 aliphatic rings. The van der Waals surface area contributed by atoms with Crippen molar-refractivity contribution in [1.29, 1.82) is 5.26 Å². The third-order valence-corrected chi connectivity index (χ3v) is 4.90. The molecule has 25 heavy (non-hydrogen) atoms. The van der Waals surface area contributed by atoms with Crippen LogP contribution in [0.15, 0.2) is 5.38 Å². The Hall–Kier alpha value is -2.51. The number of carbonyl (C=O) groups excluding carboxylic acids is 2. The predicted molar refractivity (Wildman–Crippen MR) is 95.5 cm³/mol. The lowest BCUT2D eigenvalue weighted by Gasteiger charge is -2.04. The van der Waals surface area contributed by atoms with E-state index in [0.29, 0.717) is 11.7 Å². The molecule has 0 aliphatic heterocycles. The minimum absolute atomic E-state index is 0.115. The molecule has 0 aliphatic carbocycles. The Balaban J connectivity index is 1.92. The van der Waals surface area contributed by atoms with Crippen molar-refractivity contribution < 1.29 is 14.3 Å². The molecule has 2 aromatic heterocycles. The summed E-state index contributed by atoms with van der Waals surface area (Å²) >= 11 is 2.73. The number of nitrogens with zero attached hydrogens (tertiary/aromatic N) is 3. The van der Waals surface area contributed by atoms with Crippen molar-refractivity contribution in [3.8, 4) is 16.6 Å². The van der Waals surface area contributed by atoms with Crippen LogP contribution in [0.25, 0.3) is 10.6 Å². The van der Waals surface area contributed by atoms with Gasteiger partial charge in [-0.15, -0.1) is 11.3 Å². The quantitative estimate of drug-likeness (QED) is 0.714. The number of thiazole rings is 2. The molecule has 2 aromatic rings. The second-order valence-electron chi connectivity index (χ2n) is 4.83. The van der Waals surface area contributed by atoms with Crippen LogP contribution < -0.4 is 10.6 Å². The summed E-state index contributed by atoms with van der Waals surface area (Å²) in [6, 6.07) is 1.63. The molecule has 0 unspecified atom stereocenters. The van der Waals surface area contributed by atoms with Crippen molar-refractivity contribution in [3.05, 3.63) is 16.1 Å². The Morgan fingerprint density at radius 1 is 1.40 bits per heavy atom. The van der Waals surface area contributed by atoms with Gasteiger partial charge in [0.15, 0.2) is 5.13 Å². The molecule has 2 heterocycles. The van der Waals surface area contributed by atoms with E-state index in [2.05, 4.69) is 26.7 Å². The molecule has 8 nitrogen and oxygen atoms in total. The van der Waals surface area contributed by atoms with Crippen LogP contribution in [-0.4, -0.2) is 35.1 Å². The highest BCUT2D eigenvalue weighted by molar-refractivity contribution is 7.19. The molecule has 132 valence electrons. The molecule has 0 bridgehead atoms. The van der Waals surface area contributed by atoms with Gasteiger partial charge in [-0.2, -0.15) is 5.26 Å². The van der Waals surface area contributed by atoms with Crippen LogP contribution in [0, 0.1) is 18.3 Å². The molecule has 0 saturated carbocycles. The highest BCUT2D eigenvalue weighted by Gasteiger charge is 2.14. The summed E-state index contributed by atoms with van der Waals surface area (Å²) in [7, 11) is 0. The first-order valence-electron chi connectivity index (χ1n) is 7.53. The van der Waals surface area contributed by atoms with E-state index in [9.17, 15) is 9.59 Å². The summed E-state index contributed by atoms with van der Waals surface area (Å²) < 4.78 is 4.78. The minimum atomic E-state index is -0.437. The number of rotatable bonds is 7. The summed E-state index contributed by atoms with van der Waals surface area (Å²) in [6.45, 7) is 4.06. The van der Waals surface area contributed by atoms with E-state index in [1.165, 1.54) is 22.7 Å². The zero-order valence-electron chi connectivity index (χ0n) is 13.8. The summed E-state index contributed by atoms with van der Waals surface area (Å²) in [5.74, 6) is -0.355. The largest absolute Gasteiger partial charge is 0.466 e. The summed E-state index contributed by atoms with van der Waals surface area (Å²) in [4.78, 5) is 32.6. The fraction of sp³-hybridized carbons (Fsp3) is 0.400. The Bertz CT molecular complexity index is 793. The Morgan fingerprint density at radius 2 is 2.20 bits per heavy atom. The fourth-order valence-electron chi connectivity index (χ4n) is 1.90. The zero-order chi connectivity index (χ0) is 18.2. The van der Waals surface area contributed by atoms with Crippen molar-refractivity contribution in [2.24, 2.45) is 0 Å². The summed E-state index contributed by atoms with van der Waals surface area (Å²) in [5, 5.41) is 17.0. The van der Waals surface area contributed by atoms with E-state index in [4.69, 9.17) is 10.00 Å². The number of nitriles is 1. The summed E-state index contributed by atoms with van der Waals surface area (Å²) in [6.07, 6.45) is 0.389. The van der Waals surface area contributed by atoms with Crippen molar-refractivity contribution in [2.45, 2.75) is 26.7 Å². The monoisotopic (exact) mass is 379 g/mol. The standard InChI is InChI=1S/C15H17N5O3S2/c1-3-23-12(21)5-7-17-14(22)20-15-18-9(2)13(25-15)10-8-24-11(19-10)4-6-16/h8H,3-5,7H2,1-2H3,(H2,17,18,20,22). The van der Waals surface area contributed by atoms with Gasteiger partial charge in [-0.05, 0) is 13.8 Å². The molecular weight excluding hydrogens is 362 g/mol. The van der Waals surface area contributed by atoms with Crippen LogP contribution in [-0.2, 0) is 16.0 Å². The second-order valence-corrected chi connectivity index (χ2v) is 6.77. The fourth-order valence-corrected chi connectivity index (χ4v) is 3.62. The maximum atomic E-state index is 11.8. The molecule has 0 fully saturated rings. The van der Waals surface area contributed by atoms with Crippen molar-refractivity contribution in [2.75, 3.05) is 18.5 Å². The number of amides is 2. The highest BCUT2D eigenvalue weighted by atomic mass is 32.1. The van der Waals surface area contributed by atoms with Gasteiger partial charge < -0.3 is 10.1 Å². The summed E-state index contributed by atoms with van der Waals surface area (Å²) in [5.41, 5.74) is 1.50. The van der Waals surface area contributed by atoms with Gasteiger partial charge in [-0.25, -0.2) is 14.8 Å². The molecule has 0 aromatic carbocycles. The first-order valence-corrected chi connectivity index (χ1v) is 9.22. The number of carbonyl (C=O) groups is 2. The molecule has 10 heteroatoms. The van der Waals surface area contributed by atoms with Gasteiger partial charge in [0.05, 0.1) is 41.8 Å². The number of ether oxygens (including phenoxy) is 1. The second kappa shape index (κ2) is 9.10. The number of anilines is 1. The number of aromatic nitrogens is 2. The number of urea groups is 1. The predicted octanol–water partition coefficient (Wildman–Crippen LogP) is 2.72. The Kier molecular flexibility index (Phi) is 6.85. The van der Waals surface area contributed by atoms with Gasteiger partial charge in [0.1, 0.15) is 5.01 Å². The van der Waals surface area contributed by atoms with E-state index in [0.717, 1.165) is 21.3 Å². The lowest BCUT2D eigenvalue weighted by atomic mass is 10.3. The number of hydrogen-bond donors (Lipinski definition) is 2. The number of hydrogen-bond acceptors (Lipinski definition) is 8. The van der Waals surface area contributed by atoms with Gasteiger partial charge >= 0.3 is 12.0 Å². The molecule has 2 amide bonds. The van der Waals surface area contributed by atoms with E-state index >= 15 is 0 Å². The molecule has 2 rings (SSSR count). The molecular formula is C15H17N5O3S2. The van der Waals surface area contributed by atoms with Crippen molar-refractivity contribution in [1.82, 2.24) is 15.3 Å². The van der Waals surface area contributed by atoms with Crippen LogP contribution in [0.5, 0.6) is 0 Å². The lowest BCUT2D eigenvalue weighted by Crippen LogP contribution is -2.30. The van der Waals surface area contributed by atoms with Gasteiger partial charge in [0, 0.05) is 11.9 Å². The van der Waals surface area contributed by atoms with Crippen LogP contribution in [0.1, 0.15) is 24.0 Å². The molecule has 2 N–H and O–H groups in total.